The van der Waals surface area contributed by atoms with Crippen LogP contribution in [0.25, 0.3) is 0 Å². The molecule has 4 nitrogen and oxygen atoms in total. The first-order valence-electron chi connectivity index (χ1n) is 11.4. The molecule has 0 N–H and O–H groups in total. The van der Waals surface area contributed by atoms with Crippen LogP contribution in [0.3, 0.4) is 0 Å². The van der Waals surface area contributed by atoms with Gasteiger partial charge in [-0.05, 0) is 69.6 Å². The van der Waals surface area contributed by atoms with E-state index in [1.807, 2.05) is 0 Å². The Bertz CT molecular complexity index is 529. The number of ether oxygens (including phenoxy) is 2. The molecule has 0 heterocycles. The maximum absolute atomic E-state index is 12.8. The number of rotatable bonds is 6. The van der Waals surface area contributed by atoms with Gasteiger partial charge in [0.25, 0.3) is 0 Å². The van der Waals surface area contributed by atoms with Gasteiger partial charge in [0, 0.05) is 18.8 Å². The van der Waals surface area contributed by atoms with Crippen molar-refractivity contribution < 1.29 is 19.1 Å². The molecule has 2 aliphatic rings. The SMILES string of the molecule is CC(=O)OC1(CC(C)C)CCC(CC(=O)OC2(C(C)(C)C)CCCCC2)CC1. The summed E-state index contributed by atoms with van der Waals surface area (Å²) in [5, 5.41) is 0. The molecule has 0 amide bonds. The molecule has 2 aliphatic carbocycles. The minimum absolute atomic E-state index is 0.0304. The van der Waals surface area contributed by atoms with Gasteiger partial charge in [-0.2, -0.15) is 0 Å². The van der Waals surface area contributed by atoms with E-state index in [1.54, 1.807) is 0 Å². The summed E-state index contributed by atoms with van der Waals surface area (Å²) in [6.07, 6.45) is 10.5. The average Bonchev–Trinajstić information content (AvgIpc) is 2.55. The van der Waals surface area contributed by atoms with E-state index in [-0.39, 0.29) is 28.6 Å². The van der Waals surface area contributed by atoms with E-state index < -0.39 is 0 Å². The summed E-state index contributed by atoms with van der Waals surface area (Å²) in [7, 11) is 0. The molecule has 0 aromatic heterocycles. The minimum Gasteiger partial charge on any atom is -0.459 e. The number of esters is 2. The van der Waals surface area contributed by atoms with Crippen LogP contribution in [-0.2, 0) is 19.1 Å². The van der Waals surface area contributed by atoms with Crippen LogP contribution in [0.4, 0.5) is 0 Å². The third kappa shape index (κ3) is 5.97. The predicted molar refractivity (Wildman–Crippen MR) is 112 cm³/mol. The first-order valence-corrected chi connectivity index (χ1v) is 11.4. The van der Waals surface area contributed by atoms with Crippen LogP contribution in [0.1, 0.15) is 112 Å². The number of hydrogen-bond donors (Lipinski definition) is 0. The van der Waals surface area contributed by atoms with E-state index in [4.69, 9.17) is 9.47 Å². The molecule has 0 aromatic rings. The molecular formula is C24H42O4. The first kappa shape index (κ1) is 23.2. The standard InChI is InChI=1S/C24H42O4/c1-18(2)17-23(27-19(3)25)14-10-20(11-15-23)16-21(26)28-24(22(4,5)6)12-8-7-9-13-24/h18,20H,7-17H2,1-6H3. The predicted octanol–water partition coefficient (Wildman–Crippen LogP) is 6.21. The lowest BCUT2D eigenvalue weighted by atomic mass is 9.68. The highest BCUT2D eigenvalue weighted by molar-refractivity contribution is 5.70. The molecule has 0 atom stereocenters. The molecule has 2 fully saturated rings. The molecule has 4 heteroatoms. The van der Waals surface area contributed by atoms with E-state index >= 15 is 0 Å². The van der Waals surface area contributed by atoms with E-state index in [0.29, 0.717) is 18.3 Å². The van der Waals surface area contributed by atoms with Crippen LogP contribution in [0, 0.1) is 17.3 Å². The molecule has 0 radical (unpaired) electrons. The van der Waals surface area contributed by atoms with Gasteiger partial charge in [-0.15, -0.1) is 0 Å². The van der Waals surface area contributed by atoms with E-state index in [0.717, 1.165) is 57.8 Å². The monoisotopic (exact) mass is 394 g/mol. The highest BCUT2D eigenvalue weighted by Gasteiger charge is 2.46. The Balaban J connectivity index is 1.94. The second-order valence-electron chi connectivity index (χ2n) is 10.8. The highest BCUT2D eigenvalue weighted by Crippen LogP contribution is 2.46. The molecule has 0 aromatic carbocycles. The van der Waals surface area contributed by atoms with Gasteiger partial charge in [0.1, 0.15) is 11.2 Å². The van der Waals surface area contributed by atoms with Gasteiger partial charge in [0.15, 0.2) is 0 Å². The van der Waals surface area contributed by atoms with E-state index in [9.17, 15) is 9.59 Å². The summed E-state index contributed by atoms with van der Waals surface area (Å²) in [6, 6.07) is 0. The molecule has 0 spiro atoms. The average molecular weight is 395 g/mol. The first-order chi connectivity index (χ1) is 13.0. The largest absolute Gasteiger partial charge is 0.459 e. The van der Waals surface area contributed by atoms with Crippen molar-refractivity contribution in [2.75, 3.05) is 0 Å². The van der Waals surface area contributed by atoms with Gasteiger partial charge in [-0.25, -0.2) is 0 Å². The molecule has 0 bridgehead atoms. The lowest BCUT2D eigenvalue weighted by Crippen LogP contribution is -2.48. The quantitative estimate of drug-likeness (QED) is 0.503. The van der Waals surface area contributed by atoms with E-state index in [1.165, 1.54) is 13.3 Å². The zero-order chi connectivity index (χ0) is 21.0. The minimum atomic E-state index is -0.337. The Hall–Kier alpha value is -1.06. The fourth-order valence-electron chi connectivity index (χ4n) is 5.43. The third-order valence-electron chi connectivity index (χ3n) is 6.95. The summed E-state index contributed by atoms with van der Waals surface area (Å²) in [6.45, 7) is 12.4. The molecule has 2 saturated carbocycles. The maximum Gasteiger partial charge on any atom is 0.306 e. The van der Waals surface area contributed by atoms with Crippen LogP contribution in [0.5, 0.6) is 0 Å². The van der Waals surface area contributed by atoms with Crippen LogP contribution < -0.4 is 0 Å². The van der Waals surface area contributed by atoms with Crippen molar-refractivity contribution in [3.8, 4) is 0 Å². The molecule has 0 aliphatic heterocycles. The summed E-state index contributed by atoms with van der Waals surface area (Å²) < 4.78 is 12.0. The fourth-order valence-corrected chi connectivity index (χ4v) is 5.43. The van der Waals surface area contributed by atoms with Crippen LogP contribution in [0.2, 0.25) is 0 Å². The highest BCUT2D eigenvalue weighted by atomic mass is 16.6. The smallest absolute Gasteiger partial charge is 0.306 e. The molecule has 0 saturated heterocycles. The maximum atomic E-state index is 12.8. The Morgan fingerprint density at radius 3 is 2.00 bits per heavy atom. The fraction of sp³-hybridized carbons (Fsp3) is 0.917. The number of carbonyl (C=O) groups excluding carboxylic acids is 2. The Morgan fingerprint density at radius 2 is 1.54 bits per heavy atom. The molecule has 28 heavy (non-hydrogen) atoms. The van der Waals surface area contributed by atoms with Crippen LogP contribution >= 0.6 is 0 Å². The molecule has 162 valence electrons. The summed E-state index contributed by atoms with van der Waals surface area (Å²) in [5.74, 6) is 0.594. The van der Waals surface area contributed by atoms with Crippen LogP contribution in [0.15, 0.2) is 0 Å². The zero-order valence-corrected chi connectivity index (χ0v) is 19.1. The Morgan fingerprint density at radius 1 is 0.964 bits per heavy atom. The van der Waals surface area contributed by atoms with Gasteiger partial charge in [0.05, 0.1) is 0 Å². The van der Waals surface area contributed by atoms with Crippen molar-refractivity contribution in [3.05, 3.63) is 0 Å². The van der Waals surface area contributed by atoms with Gasteiger partial charge < -0.3 is 9.47 Å². The summed E-state index contributed by atoms with van der Waals surface area (Å²) in [4.78, 5) is 24.5. The van der Waals surface area contributed by atoms with Crippen LogP contribution in [-0.4, -0.2) is 23.1 Å². The third-order valence-corrected chi connectivity index (χ3v) is 6.95. The second kappa shape index (κ2) is 9.17. The lowest BCUT2D eigenvalue weighted by molar-refractivity contribution is -0.182. The van der Waals surface area contributed by atoms with Crippen molar-refractivity contribution in [2.24, 2.45) is 17.3 Å². The summed E-state index contributed by atoms with van der Waals surface area (Å²) >= 11 is 0. The normalized spacial score (nSPS) is 28.0. The zero-order valence-electron chi connectivity index (χ0n) is 19.1. The molecule has 2 rings (SSSR count). The number of hydrogen-bond acceptors (Lipinski definition) is 4. The summed E-state index contributed by atoms with van der Waals surface area (Å²) in [5.41, 5.74) is -0.677. The Labute approximate surface area is 172 Å². The van der Waals surface area contributed by atoms with Crippen molar-refractivity contribution in [1.29, 1.82) is 0 Å². The van der Waals surface area contributed by atoms with Crippen molar-refractivity contribution in [1.82, 2.24) is 0 Å². The van der Waals surface area contributed by atoms with Crippen molar-refractivity contribution >= 4 is 11.9 Å². The van der Waals surface area contributed by atoms with Crippen molar-refractivity contribution in [2.45, 2.75) is 123 Å². The Kier molecular flexibility index (Phi) is 7.61. The van der Waals surface area contributed by atoms with Gasteiger partial charge in [-0.1, -0.05) is 41.0 Å². The lowest BCUT2D eigenvalue weighted by Gasteiger charge is -2.47. The topological polar surface area (TPSA) is 52.6 Å². The second-order valence-corrected chi connectivity index (χ2v) is 10.8. The van der Waals surface area contributed by atoms with Crippen molar-refractivity contribution in [3.63, 3.8) is 0 Å². The number of carbonyl (C=O) groups is 2. The van der Waals surface area contributed by atoms with Gasteiger partial charge >= 0.3 is 11.9 Å². The van der Waals surface area contributed by atoms with E-state index in [2.05, 4.69) is 34.6 Å². The van der Waals surface area contributed by atoms with Gasteiger partial charge in [-0.3, -0.25) is 9.59 Å². The molecule has 0 unspecified atom stereocenters. The molecular weight excluding hydrogens is 352 g/mol. The van der Waals surface area contributed by atoms with Gasteiger partial charge in [0.2, 0.25) is 0 Å².